The van der Waals surface area contributed by atoms with Crippen LogP contribution in [0.25, 0.3) is 5.69 Å². The fraction of sp³-hybridized carbons (Fsp3) is 0.233. The molecule has 0 aliphatic carbocycles. The van der Waals surface area contributed by atoms with Crippen molar-refractivity contribution in [2.24, 2.45) is 0 Å². The van der Waals surface area contributed by atoms with E-state index >= 15 is 0 Å². The molecule has 2 unspecified atom stereocenters. The average Bonchev–Trinajstić information content (AvgIpc) is 3.54. The van der Waals surface area contributed by atoms with E-state index in [-0.39, 0.29) is 24.4 Å². The van der Waals surface area contributed by atoms with Crippen LogP contribution in [-0.2, 0) is 4.79 Å². The molecular formula is C30H31N5O2S. The first-order valence-electron chi connectivity index (χ1n) is 12.6. The largest absolute Gasteiger partial charge is 0.495 e. The first-order chi connectivity index (χ1) is 18.5. The molecule has 8 heteroatoms. The zero-order valence-corrected chi connectivity index (χ0v) is 22.5. The molecule has 2 aromatic heterocycles. The predicted molar refractivity (Wildman–Crippen MR) is 154 cm³/mol. The molecule has 1 amide bonds. The number of hydrogen-bond acceptors (Lipinski definition) is 4. The maximum Gasteiger partial charge on any atom is 0.226 e. The Bertz CT molecular complexity index is 1450. The second-order valence-corrected chi connectivity index (χ2v) is 9.78. The van der Waals surface area contributed by atoms with Gasteiger partial charge in [0, 0.05) is 36.7 Å². The van der Waals surface area contributed by atoms with E-state index in [4.69, 9.17) is 17.0 Å². The van der Waals surface area contributed by atoms with Gasteiger partial charge in [0.2, 0.25) is 5.91 Å². The fourth-order valence-electron chi connectivity index (χ4n) is 4.90. The topological polar surface area (TPSA) is 71.4 Å². The van der Waals surface area contributed by atoms with Crippen LogP contribution in [0.15, 0.2) is 85.2 Å². The summed E-state index contributed by atoms with van der Waals surface area (Å²) in [5.74, 6) is 0.514. The highest BCUT2D eigenvalue weighted by molar-refractivity contribution is 7.80. The van der Waals surface area contributed by atoms with Gasteiger partial charge in [0.15, 0.2) is 5.11 Å². The number of anilines is 1. The maximum absolute atomic E-state index is 13.0. The number of aryl methyl sites for hydroxylation is 2. The van der Waals surface area contributed by atoms with Gasteiger partial charge in [0.1, 0.15) is 5.75 Å². The Balaban J connectivity index is 1.45. The molecule has 3 heterocycles. The third-order valence-corrected chi connectivity index (χ3v) is 7.36. The van der Waals surface area contributed by atoms with E-state index in [1.54, 1.807) is 13.3 Å². The number of hydrogen-bond donors (Lipinski definition) is 2. The highest BCUT2D eigenvalue weighted by Gasteiger charge is 2.41. The second-order valence-electron chi connectivity index (χ2n) is 9.39. The second kappa shape index (κ2) is 11.1. The maximum atomic E-state index is 13.0. The molecule has 0 saturated carbocycles. The summed E-state index contributed by atoms with van der Waals surface area (Å²) in [5.41, 5.74) is 6.18. The van der Waals surface area contributed by atoms with Gasteiger partial charge >= 0.3 is 0 Å². The molecule has 0 bridgehead atoms. The van der Waals surface area contributed by atoms with Crippen LogP contribution in [0.1, 0.15) is 41.0 Å². The van der Waals surface area contributed by atoms with Crippen molar-refractivity contribution in [1.29, 1.82) is 0 Å². The van der Waals surface area contributed by atoms with Crippen LogP contribution in [0, 0.1) is 13.8 Å². The zero-order chi connectivity index (χ0) is 26.6. The van der Waals surface area contributed by atoms with Gasteiger partial charge in [-0.3, -0.25) is 9.78 Å². The Morgan fingerprint density at radius 1 is 1.05 bits per heavy atom. The minimum absolute atomic E-state index is 0.109. The van der Waals surface area contributed by atoms with Crippen molar-refractivity contribution in [3.05, 3.63) is 108 Å². The molecule has 2 atom stereocenters. The molecule has 38 heavy (non-hydrogen) atoms. The highest BCUT2D eigenvalue weighted by Crippen LogP contribution is 2.39. The predicted octanol–water partition coefficient (Wildman–Crippen LogP) is 5.50. The minimum atomic E-state index is -0.166. The number of rotatable bonds is 8. The molecule has 0 radical (unpaired) electrons. The number of para-hydroxylation sites is 2. The van der Waals surface area contributed by atoms with E-state index in [1.165, 1.54) is 11.1 Å². The number of thiocarbonyl (C=S) groups is 1. The SMILES string of the molecule is COc1ccccc1NC(=O)CCN1C(=S)NC(c2ccccn2)C1c1cccn1-c1ccc(C)c(C)c1. The third-order valence-electron chi connectivity index (χ3n) is 7.01. The molecule has 1 saturated heterocycles. The highest BCUT2D eigenvalue weighted by atomic mass is 32.1. The Morgan fingerprint density at radius 3 is 2.63 bits per heavy atom. The zero-order valence-electron chi connectivity index (χ0n) is 21.7. The van der Waals surface area contributed by atoms with Gasteiger partial charge in [0.05, 0.1) is 30.6 Å². The smallest absolute Gasteiger partial charge is 0.226 e. The van der Waals surface area contributed by atoms with Gasteiger partial charge in [-0.1, -0.05) is 24.3 Å². The van der Waals surface area contributed by atoms with Crippen molar-refractivity contribution >= 4 is 28.9 Å². The lowest BCUT2D eigenvalue weighted by Crippen LogP contribution is -2.33. The molecule has 4 aromatic rings. The Kier molecular flexibility index (Phi) is 7.42. The molecule has 5 rings (SSSR count). The van der Waals surface area contributed by atoms with Crippen molar-refractivity contribution in [3.63, 3.8) is 0 Å². The first-order valence-corrected chi connectivity index (χ1v) is 13.0. The molecule has 1 fully saturated rings. The number of carbonyl (C=O) groups is 1. The van der Waals surface area contributed by atoms with Crippen LogP contribution in [0.2, 0.25) is 0 Å². The Morgan fingerprint density at radius 2 is 1.87 bits per heavy atom. The summed E-state index contributed by atoms with van der Waals surface area (Å²) in [6.45, 7) is 4.68. The number of nitrogens with one attached hydrogen (secondary N) is 2. The summed E-state index contributed by atoms with van der Waals surface area (Å²) in [7, 11) is 1.59. The van der Waals surface area contributed by atoms with Gasteiger partial charge in [-0.2, -0.15) is 0 Å². The van der Waals surface area contributed by atoms with Gasteiger partial charge in [-0.25, -0.2) is 0 Å². The number of pyridine rings is 1. The summed E-state index contributed by atoms with van der Waals surface area (Å²) in [6.07, 6.45) is 4.13. The minimum Gasteiger partial charge on any atom is -0.495 e. The van der Waals surface area contributed by atoms with Crippen LogP contribution >= 0.6 is 12.2 Å². The fourth-order valence-corrected chi connectivity index (χ4v) is 5.23. The van der Waals surface area contributed by atoms with E-state index in [0.29, 0.717) is 23.1 Å². The molecule has 0 spiro atoms. The van der Waals surface area contributed by atoms with Gasteiger partial charge < -0.3 is 24.8 Å². The lowest BCUT2D eigenvalue weighted by atomic mass is 10.0. The average molecular weight is 526 g/mol. The number of aromatic nitrogens is 2. The van der Waals surface area contributed by atoms with Crippen LogP contribution < -0.4 is 15.4 Å². The molecule has 2 N–H and O–H groups in total. The van der Waals surface area contributed by atoms with E-state index in [0.717, 1.165) is 17.1 Å². The van der Waals surface area contributed by atoms with Gasteiger partial charge in [-0.05, 0) is 85.7 Å². The summed E-state index contributed by atoms with van der Waals surface area (Å²) in [5, 5.41) is 7.05. The van der Waals surface area contributed by atoms with Crippen molar-refractivity contribution in [2.75, 3.05) is 19.0 Å². The molecular weight excluding hydrogens is 494 g/mol. The van der Waals surface area contributed by atoms with Crippen molar-refractivity contribution in [2.45, 2.75) is 32.4 Å². The van der Waals surface area contributed by atoms with Crippen LogP contribution in [-0.4, -0.2) is 39.1 Å². The number of nitrogens with zero attached hydrogens (tertiary/aromatic N) is 3. The van der Waals surface area contributed by atoms with Crippen LogP contribution in [0.5, 0.6) is 5.75 Å². The summed E-state index contributed by atoms with van der Waals surface area (Å²) in [6, 6.07) is 23.6. The van der Waals surface area contributed by atoms with E-state index < -0.39 is 0 Å². The van der Waals surface area contributed by atoms with E-state index in [1.807, 2.05) is 48.5 Å². The van der Waals surface area contributed by atoms with Crippen molar-refractivity contribution < 1.29 is 9.53 Å². The lowest BCUT2D eigenvalue weighted by molar-refractivity contribution is -0.116. The molecule has 1 aliphatic rings. The number of ether oxygens (including phenoxy) is 1. The van der Waals surface area contributed by atoms with Crippen LogP contribution in [0.3, 0.4) is 0 Å². The summed E-state index contributed by atoms with van der Waals surface area (Å²) < 4.78 is 7.57. The third kappa shape index (κ3) is 5.13. The number of benzene rings is 2. The summed E-state index contributed by atoms with van der Waals surface area (Å²) >= 11 is 5.81. The van der Waals surface area contributed by atoms with Gasteiger partial charge in [-0.15, -0.1) is 0 Å². The van der Waals surface area contributed by atoms with E-state index in [9.17, 15) is 4.79 Å². The monoisotopic (exact) mass is 525 g/mol. The van der Waals surface area contributed by atoms with E-state index in [2.05, 4.69) is 69.4 Å². The van der Waals surface area contributed by atoms with Gasteiger partial charge in [0.25, 0.3) is 0 Å². The summed E-state index contributed by atoms with van der Waals surface area (Å²) in [4.78, 5) is 19.7. The number of carbonyl (C=O) groups excluding carboxylic acids is 1. The normalized spacial score (nSPS) is 16.8. The first kappa shape index (κ1) is 25.5. The number of methoxy groups -OCH3 is 1. The van der Waals surface area contributed by atoms with Crippen molar-refractivity contribution in [1.82, 2.24) is 19.8 Å². The molecule has 2 aromatic carbocycles. The standard InChI is InChI=1S/C30H31N5O2S/c1-20-13-14-22(19-21(20)2)34-17-8-11-25(34)29-28(24-10-6-7-16-31-24)33-30(38)35(29)18-15-27(36)32-23-9-4-5-12-26(23)37-3/h4-14,16-17,19,28-29H,15,18H2,1-3H3,(H,32,36)(H,33,38). The quantitative estimate of drug-likeness (QED) is 0.296. The Labute approximate surface area is 228 Å². The molecule has 1 aliphatic heterocycles. The van der Waals surface area contributed by atoms with Crippen molar-refractivity contribution in [3.8, 4) is 11.4 Å². The lowest BCUT2D eigenvalue weighted by Gasteiger charge is -2.29. The van der Waals surface area contributed by atoms with Crippen LogP contribution in [0.4, 0.5) is 5.69 Å². The molecule has 7 nitrogen and oxygen atoms in total. The Hall–Kier alpha value is -4.17. The number of amides is 1. The molecule has 194 valence electrons.